The lowest BCUT2D eigenvalue weighted by Gasteiger charge is -2.19. The van der Waals surface area contributed by atoms with E-state index in [1.165, 1.54) is 0 Å². The van der Waals surface area contributed by atoms with E-state index in [0.29, 0.717) is 12.0 Å². The molecular weight excluding hydrogens is 212 g/mol. The molecule has 0 saturated carbocycles. The summed E-state index contributed by atoms with van der Waals surface area (Å²) >= 11 is 5.70. The Balaban J connectivity index is 1.92. The molecule has 1 aliphatic rings. The van der Waals surface area contributed by atoms with E-state index in [0.717, 1.165) is 25.1 Å². The molecule has 0 N–H and O–H groups in total. The van der Waals surface area contributed by atoms with E-state index < -0.39 is 0 Å². The van der Waals surface area contributed by atoms with E-state index in [2.05, 4.69) is 23.4 Å². The molecule has 0 amide bonds. The summed E-state index contributed by atoms with van der Waals surface area (Å²) in [5, 5.41) is 0. The van der Waals surface area contributed by atoms with Gasteiger partial charge in [-0.3, -0.25) is 0 Å². The van der Waals surface area contributed by atoms with Gasteiger partial charge in [-0.2, -0.15) is 0 Å². The van der Waals surface area contributed by atoms with Crippen molar-refractivity contribution in [1.82, 2.24) is 9.55 Å². The standard InChI is InChI=1S/C11H17ClN2O/c1-11(2)4-3-10(15-11)7-14-6-9(5-12)13-8-14/h6,8,10H,3-5,7H2,1-2H3. The molecule has 1 aliphatic heterocycles. The van der Waals surface area contributed by atoms with Gasteiger partial charge in [0, 0.05) is 12.7 Å². The number of nitrogens with zero attached hydrogens (tertiary/aromatic N) is 2. The topological polar surface area (TPSA) is 27.1 Å². The van der Waals surface area contributed by atoms with Gasteiger partial charge in [-0.1, -0.05) is 0 Å². The molecule has 1 saturated heterocycles. The molecule has 15 heavy (non-hydrogen) atoms. The van der Waals surface area contributed by atoms with Crippen LogP contribution in [0.5, 0.6) is 0 Å². The van der Waals surface area contributed by atoms with Gasteiger partial charge in [0.05, 0.1) is 29.6 Å². The Hall–Kier alpha value is -0.540. The zero-order valence-corrected chi connectivity index (χ0v) is 10.00. The fraction of sp³-hybridized carbons (Fsp3) is 0.727. The van der Waals surface area contributed by atoms with Crippen molar-refractivity contribution in [1.29, 1.82) is 0 Å². The van der Waals surface area contributed by atoms with Crippen molar-refractivity contribution in [2.75, 3.05) is 0 Å². The summed E-state index contributed by atoms with van der Waals surface area (Å²) in [6.45, 7) is 5.17. The minimum atomic E-state index is 0.0422. The van der Waals surface area contributed by atoms with Crippen molar-refractivity contribution in [3.05, 3.63) is 18.2 Å². The van der Waals surface area contributed by atoms with Crippen molar-refractivity contribution in [3.8, 4) is 0 Å². The van der Waals surface area contributed by atoms with Gasteiger partial charge >= 0.3 is 0 Å². The molecule has 0 spiro atoms. The number of rotatable bonds is 3. The zero-order valence-electron chi connectivity index (χ0n) is 9.24. The molecule has 0 bridgehead atoms. The highest BCUT2D eigenvalue weighted by Gasteiger charge is 2.31. The van der Waals surface area contributed by atoms with Crippen molar-refractivity contribution in [2.45, 2.75) is 50.8 Å². The number of aromatic nitrogens is 2. The van der Waals surface area contributed by atoms with Crippen LogP contribution < -0.4 is 0 Å². The first kappa shape index (κ1) is 11.0. The van der Waals surface area contributed by atoms with E-state index in [9.17, 15) is 0 Å². The Labute approximate surface area is 95.4 Å². The van der Waals surface area contributed by atoms with E-state index in [4.69, 9.17) is 16.3 Å². The SMILES string of the molecule is CC1(C)CCC(Cn2cnc(CCl)c2)O1. The van der Waals surface area contributed by atoms with Crippen LogP contribution in [0.15, 0.2) is 12.5 Å². The second-order valence-electron chi connectivity index (χ2n) is 4.73. The van der Waals surface area contributed by atoms with Crippen LogP contribution in [0.1, 0.15) is 32.4 Å². The Kier molecular flexibility index (Phi) is 3.03. The second kappa shape index (κ2) is 4.14. The van der Waals surface area contributed by atoms with Gasteiger partial charge in [-0.05, 0) is 26.7 Å². The maximum atomic E-state index is 5.91. The fourth-order valence-corrected chi connectivity index (χ4v) is 2.15. The van der Waals surface area contributed by atoms with Crippen LogP contribution in [-0.4, -0.2) is 21.3 Å². The summed E-state index contributed by atoms with van der Waals surface area (Å²) in [6, 6.07) is 0. The number of alkyl halides is 1. The number of ether oxygens (including phenoxy) is 1. The third-order valence-corrected chi connectivity index (χ3v) is 3.07. The highest BCUT2D eigenvalue weighted by molar-refractivity contribution is 6.16. The van der Waals surface area contributed by atoms with Crippen molar-refractivity contribution in [3.63, 3.8) is 0 Å². The van der Waals surface area contributed by atoms with Crippen LogP contribution in [-0.2, 0) is 17.2 Å². The van der Waals surface area contributed by atoms with Gasteiger partial charge < -0.3 is 9.30 Å². The second-order valence-corrected chi connectivity index (χ2v) is 5.00. The Morgan fingerprint density at radius 3 is 3.00 bits per heavy atom. The molecule has 1 atom stereocenters. The number of halogens is 1. The summed E-state index contributed by atoms with van der Waals surface area (Å²) in [4.78, 5) is 4.19. The monoisotopic (exact) mass is 228 g/mol. The van der Waals surface area contributed by atoms with Crippen molar-refractivity contribution in [2.24, 2.45) is 0 Å². The maximum absolute atomic E-state index is 5.91. The lowest BCUT2D eigenvalue weighted by Crippen LogP contribution is -2.22. The lowest BCUT2D eigenvalue weighted by molar-refractivity contribution is -0.0217. The third-order valence-electron chi connectivity index (χ3n) is 2.79. The first-order valence-corrected chi connectivity index (χ1v) is 5.87. The number of hydrogen-bond donors (Lipinski definition) is 0. The Bertz CT molecular complexity index is 335. The molecule has 1 aromatic heterocycles. The molecule has 0 aliphatic carbocycles. The average Bonchev–Trinajstić information content (AvgIpc) is 2.73. The van der Waals surface area contributed by atoms with Gasteiger partial charge in [0.2, 0.25) is 0 Å². The molecule has 0 radical (unpaired) electrons. The third kappa shape index (κ3) is 2.73. The molecule has 2 heterocycles. The summed E-state index contributed by atoms with van der Waals surface area (Å²) < 4.78 is 7.97. The largest absolute Gasteiger partial charge is 0.370 e. The molecular formula is C11H17ClN2O. The Morgan fingerprint density at radius 1 is 1.67 bits per heavy atom. The zero-order chi connectivity index (χ0) is 10.9. The van der Waals surface area contributed by atoms with Gasteiger partial charge in [0.25, 0.3) is 0 Å². The minimum Gasteiger partial charge on any atom is -0.370 e. The number of imidazole rings is 1. The van der Waals surface area contributed by atoms with Crippen LogP contribution in [0.25, 0.3) is 0 Å². The molecule has 0 aromatic carbocycles. The summed E-state index contributed by atoms with van der Waals surface area (Å²) in [5.74, 6) is 0.476. The minimum absolute atomic E-state index is 0.0422. The number of hydrogen-bond acceptors (Lipinski definition) is 2. The lowest BCUT2D eigenvalue weighted by atomic mass is 10.1. The van der Waals surface area contributed by atoms with E-state index in [-0.39, 0.29) is 5.60 Å². The molecule has 2 rings (SSSR count). The molecule has 84 valence electrons. The summed E-state index contributed by atoms with van der Waals surface area (Å²) in [7, 11) is 0. The van der Waals surface area contributed by atoms with Crippen molar-refractivity contribution >= 4 is 11.6 Å². The first-order valence-electron chi connectivity index (χ1n) is 5.33. The van der Waals surface area contributed by atoms with Crippen LogP contribution in [0.2, 0.25) is 0 Å². The molecule has 3 nitrogen and oxygen atoms in total. The van der Waals surface area contributed by atoms with Crippen LogP contribution in [0.4, 0.5) is 0 Å². The normalized spacial score (nSPS) is 24.6. The summed E-state index contributed by atoms with van der Waals surface area (Å²) in [5.41, 5.74) is 0.967. The molecule has 1 fully saturated rings. The van der Waals surface area contributed by atoms with E-state index >= 15 is 0 Å². The van der Waals surface area contributed by atoms with E-state index in [1.807, 2.05) is 12.5 Å². The predicted octanol–water partition coefficient (Wildman–Crippen LogP) is 2.58. The Morgan fingerprint density at radius 2 is 2.47 bits per heavy atom. The molecule has 4 heteroatoms. The van der Waals surface area contributed by atoms with Gasteiger partial charge in [-0.25, -0.2) is 4.98 Å². The van der Waals surface area contributed by atoms with Crippen LogP contribution in [0.3, 0.4) is 0 Å². The predicted molar refractivity (Wildman–Crippen MR) is 60.0 cm³/mol. The molecule has 1 unspecified atom stereocenters. The molecule has 1 aromatic rings. The quantitative estimate of drug-likeness (QED) is 0.744. The fourth-order valence-electron chi connectivity index (χ4n) is 2.02. The van der Waals surface area contributed by atoms with Gasteiger partial charge in [0.1, 0.15) is 0 Å². The summed E-state index contributed by atoms with van der Waals surface area (Å²) in [6.07, 6.45) is 6.39. The average molecular weight is 229 g/mol. The van der Waals surface area contributed by atoms with Gasteiger partial charge in [-0.15, -0.1) is 11.6 Å². The van der Waals surface area contributed by atoms with Gasteiger partial charge in [0.15, 0.2) is 0 Å². The highest BCUT2D eigenvalue weighted by Crippen LogP contribution is 2.30. The highest BCUT2D eigenvalue weighted by atomic mass is 35.5. The van der Waals surface area contributed by atoms with E-state index in [1.54, 1.807) is 0 Å². The van der Waals surface area contributed by atoms with Crippen LogP contribution >= 0.6 is 11.6 Å². The first-order chi connectivity index (χ1) is 7.09. The smallest absolute Gasteiger partial charge is 0.0950 e. The maximum Gasteiger partial charge on any atom is 0.0950 e. The van der Waals surface area contributed by atoms with Crippen molar-refractivity contribution < 1.29 is 4.74 Å². The van der Waals surface area contributed by atoms with Crippen LogP contribution in [0, 0.1) is 0 Å².